The molecule has 1 atom stereocenters. The second-order valence-corrected chi connectivity index (χ2v) is 6.42. The van der Waals surface area contributed by atoms with Crippen molar-refractivity contribution in [3.05, 3.63) is 28.2 Å². The Bertz CT molecular complexity index is 487. The molecule has 0 saturated carbocycles. The highest BCUT2D eigenvalue weighted by Gasteiger charge is 2.28. The molecule has 3 nitrogen and oxygen atoms in total. The van der Waals surface area contributed by atoms with Crippen LogP contribution < -0.4 is 10.6 Å². The Morgan fingerprint density at radius 3 is 2.67 bits per heavy atom. The number of piperidine rings is 1. The van der Waals surface area contributed by atoms with Crippen molar-refractivity contribution in [1.29, 1.82) is 0 Å². The zero-order valence-electron chi connectivity index (χ0n) is 12.3. The summed E-state index contributed by atoms with van der Waals surface area (Å²) in [6.07, 6.45) is 4.08. The maximum atomic E-state index is 12.6. The summed E-state index contributed by atoms with van der Waals surface area (Å²) < 4.78 is 0. The van der Waals surface area contributed by atoms with E-state index < -0.39 is 0 Å². The van der Waals surface area contributed by atoms with E-state index in [2.05, 4.69) is 17.6 Å². The van der Waals surface area contributed by atoms with Gasteiger partial charge in [0.15, 0.2) is 0 Å². The van der Waals surface area contributed by atoms with Crippen LogP contribution in [-0.4, -0.2) is 19.0 Å². The van der Waals surface area contributed by atoms with Crippen LogP contribution in [0.1, 0.15) is 32.6 Å². The molecular formula is C16H22Cl2N2O. The summed E-state index contributed by atoms with van der Waals surface area (Å²) in [4.78, 5) is 12.6. The van der Waals surface area contributed by atoms with Crippen molar-refractivity contribution in [3.63, 3.8) is 0 Å². The molecule has 0 aliphatic carbocycles. The van der Waals surface area contributed by atoms with Gasteiger partial charge in [0.05, 0.1) is 10.0 Å². The Morgan fingerprint density at radius 1 is 1.33 bits per heavy atom. The van der Waals surface area contributed by atoms with Crippen molar-refractivity contribution in [2.24, 2.45) is 11.8 Å². The summed E-state index contributed by atoms with van der Waals surface area (Å²) in [5.74, 6) is 0.641. The smallest absolute Gasteiger partial charge is 0.227 e. The molecule has 21 heavy (non-hydrogen) atoms. The number of hydrogen-bond donors (Lipinski definition) is 2. The first-order valence-corrected chi connectivity index (χ1v) is 8.34. The summed E-state index contributed by atoms with van der Waals surface area (Å²) >= 11 is 11.9. The molecule has 0 radical (unpaired) electrons. The molecule has 1 fully saturated rings. The van der Waals surface area contributed by atoms with Crippen LogP contribution in [0.4, 0.5) is 5.69 Å². The largest absolute Gasteiger partial charge is 0.326 e. The molecule has 1 aliphatic rings. The van der Waals surface area contributed by atoms with E-state index in [1.807, 2.05) is 0 Å². The fourth-order valence-electron chi connectivity index (χ4n) is 2.95. The number of anilines is 1. The lowest BCUT2D eigenvalue weighted by atomic mass is 9.81. The number of carbonyl (C=O) groups is 1. The number of nitrogens with one attached hydrogen (secondary N) is 2. The monoisotopic (exact) mass is 328 g/mol. The van der Waals surface area contributed by atoms with Crippen molar-refractivity contribution >= 4 is 34.8 Å². The van der Waals surface area contributed by atoms with Gasteiger partial charge in [-0.25, -0.2) is 0 Å². The molecule has 0 aromatic heterocycles. The fourth-order valence-corrected chi connectivity index (χ4v) is 3.25. The lowest BCUT2D eigenvalue weighted by molar-refractivity contribution is -0.122. The highest BCUT2D eigenvalue weighted by Crippen LogP contribution is 2.29. The number of rotatable bonds is 5. The molecule has 1 heterocycles. The van der Waals surface area contributed by atoms with Crippen LogP contribution in [0.2, 0.25) is 10.0 Å². The van der Waals surface area contributed by atoms with E-state index in [0.29, 0.717) is 21.7 Å². The molecule has 116 valence electrons. The van der Waals surface area contributed by atoms with Gasteiger partial charge in [-0.1, -0.05) is 36.5 Å². The molecule has 1 amide bonds. The first kappa shape index (κ1) is 16.6. The normalized spacial score (nSPS) is 17.5. The van der Waals surface area contributed by atoms with Crippen LogP contribution in [0.15, 0.2) is 18.2 Å². The third-order valence-electron chi connectivity index (χ3n) is 4.08. The van der Waals surface area contributed by atoms with Gasteiger partial charge in [0, 0.05) is 11.6 Å². The van der Waals surface area contributed by atoms with Crippen LogP contribution in [0, 0.1) is 11.8 Å². The van der Waals surface area contributed by atoms with Gasteiger partial charge in [0.1, 0.15) is 0 Å². The van der Waals surface area contributed by atoms with Crippen molar-refractivity contribution in [3.8, 4) is 0 Å². The van der Waals surface area contributed by atoms with Gasteiger partial charge in [-0.3, -0.25) is 4.79 Å². The first-order valence-electron chi connectivity index (χ1n) is 7.58. The van der Waals surface area contributed by atoms with E-state index in [9.17, 15) is 4.79 Å². The molecule has 1 unspecified atom stereocenters. The molecule has 2 N–H and O–H groups in total. The summed E-state index contributed by atoms with van der Waals surface area (Å²) in [5.41, 5.74) is 0.712. The topological polar surface area (TPSA) is 41.1 Å². The molecule has 1 aromatic rings. The molecule has 5 heteroatoms. The number of hydrogen-bond acceptors (Lipinski definition) is 2. The van der Waals surface area contributed by atoms with Gasteiger partial charge in [0.2, 0.25) is 5.91 Å². The molecule has 2 rings (SSSR count). The summed E-state index contributed by atoms with van der Waals surface area (Å²) in [5, 5.41) is 7.30. The third-order valence-corrected chi connectivity index (χ3v) is 4.82. The van der Waals surface area contributed by atoms with Gasteiger partial charge >= 0.3 is 0 Å². The van der Waals surface area contributed by atoms with E-state index in [0.717, 1.165) is 38.8 Å². The van der Waals surface area contributed by atoms with Crippen molar-refractivity contribution in [2.75, 3.05) is 18.4 Å². The van der Waals surface area contributed by atoms with Crippen LogP contribution in [0.3, 0.4) is 0 Å². The predicted octanol–water partition coefficient (Wildman–Crippen LogP) is 4.35. The highest BCUT2D eigenvalue weighted by molar-refractivity contribution is 6.42. The Labute approximate surface area is 136 Å². The molecule has 1 aliphatic heterocycles. The average molecular weight is 329 g/mol. The van der Waals surface area contributed by atoms with E-state index in [1.165, 1.54) is 0 Å². The molecule has 0 spiro atoms. The second kappa shape index (κ2) is 8.02. The quantitative estimate of drug-likeness (QED) is 0.843. The van der Waals surface area contributed by atoms with Crippen LogP contribution in [0.5, 0.6) is 0 Å². The summed E-state index contributed by atoms with van der Waals surface area (Å²) in [7, 11) is 0. The molecule has 1 aromatic carbocycles. The minimum absolute atomic E-state index is 0.0755. The molecule has 1 saturated heterocycles. The number of amides is 1. The Balaban J connectivity index is 2.05. The van der Waals surface area contributed by atoms with E-state index >= 15 is 0 Å². The van der Waals surface area contributed by atoms with Gasteiger partial charge in [0.25, 0.3) is 0 Å². The Morgan fingerprint density at radius 2 is 2.05 bits per heavy atom. The summed E-state index contributed by atoms with van der Waals surface area (Å²) in [6.45, 7) is 4.14. The van der Waals surface area contributed by atoms with Gasteiger partial charge in [-0.05, 0) is 56.5 Å². The SMILES string of the molecule is CCCC(C(=O)Nc1ccc(Cl)c(Cl)c1)C1CCNCC1. The predicted molar refractivity (Wildman–Crippen MR) is 89.1 cm³/mol. The highest BCUT2D eigenvalue weighted by atomic mass is 35.5. The minimum Gasteiger partial charge on any atom is -0.326 e. The number of halogens is 2. The maximum absolute atomic E-state index is 12.6. The third kappa shape index (κ3) is 4.60. The van der Waals surface area contributed by atoms with Gasteiger partial charge in [-0.2, -0.15) is 0 Å². The Kier molecular flexibility index (Phi) is 6.34. The maximum Gasteiger partial charge on any atom is 0.227 e. The van der Waals surface area contributed by atoms with Crippen molar-refractivity contribution < 1.29 is 4.79 Å². The van der Waals surface area contributed by atoms with Crippen molar-refractivity contribution in [2.45, 2.75) is 32.6 Å². The van der Waals surface area contributed by atoms with Crippen LogP contribution >= 0.6 is 23.2 Å². The van der Waals surface area contributed by atoms with Crippen LogP contribution in [-0.2, 0) is 4.79 Å². The lowest BCUT2D eigenvalue weighted by Gasteiger charge is -2.29. The lowest BCUT2D eigenvalue weighted by Crippen LogP contribution is -2.36. The van der Waals surface area contributed by atoms with Crippen molar-refractivity contribution in [1.82, 2.24) is 5.32 Å². The first-order chi connectivity index (χ1) is 10.1. The molecular weight excluding hydrogens is 307 g/mol. The Hall–Kier alpha value is -0.770. The second-order valence-electron chi connectivity index (χ2n) is 5.60. The van der Waals surface area contributed by atoms with Crippen LogP contribution in [0.25, 0.3) is 0 Å². The minimum atomic E-state index is 0.0755. The zero-order valence-corrected chi connectivity index (χ0v) is 13.8. The van der Waals surface area contributed by atoms with E-state index in [-0.39, 0.29) is 11.8 Å². The number of carbonyl (C=O) groups excluding carboxylic acids is 1. The fraction of sp³-hybridized carbons (Fsp3) is 0.562. The van der Waals surface area contributed by atoms with E-state index in [4.69, 9.17) is 23.2 Å². The average Bonchev–Trinajstić information content (AvgIpc) is 2.49. The van der Waals surface area contributed by atoms with E-state index in [1.54, 1.807) is 18.2 Å². The molecule has 0 bridgehead atoms. The number of benzene rings is 1. The summed E-state index contributed by atoms with van der Waals surface area (Å²) in [6, 6.07) is 5.20. The zero-order chi connectivity index (χ0) is 15.2. The standard InChI is InChI=1S/C16H22Cl2N2O/c1-2-3-13(11-6-8-19-9-7-11)16(21)20-12-4-5-14(17)15(18)10-12/h4-5,10-11,13,19H,2-3,6-9H2,1H3,(H,20,21). The van der Waals surface area contributed by atoms with Gasteiger partial charge in [-0.15, -0.1) is 0 Å². The van der Waals surface area contributed by atoms with Gasteiger partial charge < -0.3 is 10.6 Å².